The van der Waals surface area contributed by atoms with Gasteiger partial charge in [0.25, 0.3) is 0 Å². The Morgan fingerprint density at radius 1 is 0.838 bits per heavy atom. The average Bonchev–Trinajstić information content (AvgIpc) is 2.90. The number of sulfonamides is 1. The Balaban J connectivity index is 1.76. The van der Waals surface area contributed by atoms with Gasteiger partial charge in [0.2, 0.25) is 10.0 Å². The molecule has 0 heterocycles. The summed E-state index contributed by atoms with van der Waals surface area (Å²) in [5.41, 5.74) is 7.62. The third kappa shape index (κ3) is 7.35. The molecule has 4 aromatic carbocycles. The van der Waals surface area contributed by atoms with Crippen LogP contribution in [0.4, 0.5) is 11.4 Å². The van der Waals surface area contributed by atoms with Crippen LogP contribution in [0.3, 0.4) is 0 Å². The molecule has 0 bridgehead atoms. The standard InChI is InChI=1S/C30H33N3O3S/c1-2-3-19-36-29-21-25(22-30(37(31,34)35)28(29)20-24-13-7-4-8-14-24)23-33(27-17-11-6-12-18-27)32-26-15-9-5-10-16-26/h4-18,21-22,32H,2-3,19-20,23H2,1H3,(H2,31,34,35). The van der Waals surface area contributed by atoms with Crippen LogP contribution < -0.4 is 20.3 Å². The molecule has 0 unspecified atom stereocenters. The van der Waals surface area contributed by atoms with Crippen LogP contribution in [0.15, 0.2) is 108 Å². The SMILES string of the molecule is CCCCOc1cc(CN(Nc2ccccc2)c2ccccc2)cc(S(N)(=O)=O)c1Cc1ccccc1. The lowest BCUT2D eigenvalue weighted by atomic mass is 10.0. The summed E-state index contributed by atoms with van der Waals surface area (Å²) in [6.45, 7) is 2.97. The maximum Gasteiger partial charge on any atom is 0.238 e. The topological polar surface area (TPSA) is 84.7 Å². The number of nitrogens with zero attached hydrogens (tertiary/aromatic N) is 1. The van der Waals surface area contributed by atoms with Crippen LogP contribution in [-0.2, 0) is 23.0 Å². The Kier molecular flexibility index (Phi) is 8.82. The summed E-state index contributed by atoms with van der Waals surface area (Å²) in [5.74, 6) is 0.548. The normalized spacial score (nSPS) is 11.2. The molecule has 6 nitrogen and oxygen atoms in total. The Bertz CT molecular complexity index is 1380. The zero-order valence-electron chi connectivity index (χ0n) is 21.0. The number of unbranched alkanes of at least 4 members (excludes halogenated alkanes) is 1. The molecule has 0 aliphatic carbocycles. The summed E-state index contributed by atoms with van der Waals surface area (Å²) in [6, 6.07) is 33.1. The highest BCUT2D eigenvalue weighted by Gasteiger charge is 2.22. The summed E-state index contributed by atoms with van der Waals surface area (Å²) >= 11 is 0. The van der Waals surface area contributed by atoms with E-state index in [0.717, 1.165) is 35.3 Å². The van der Waals surface area contributed by atoms with E-state index in [9.17, 15) is 8.42 Å². The van der Waals surface area contributed by atoms with Gasteiger partial charge in [-0.25, -0.2) is 13.6 Å². The molecule has 0 aliphatic rings. The minimum atomic E-state index is -4.01. The van der Waals surface area contributed by atoms with Crippen molar-refractivity contribution in [2.45, 2.75) is 37.6 Å². The van der Waals surface area contributed by atoms with Crippen LogP contribution in [-0.4, -0.2) is 15.0 Å². The van der Waals surface area contributed by atoms with Gasteiger partial charge in [0, 0.05) is 12.0 Å². The van der Waals surface area contributed by atoms with E-state index < -0.39 is 10.0 Å². The van der Waals surface area contributed by atoms with E-state index in [1.807, 2.05) is 102 Å². The second kappa shape index (κ2) is 12.4. The van der Waals surface area contributed by atoms with Crippen molar-refractivity contribution < 1.29 is 13.2 Å². The first-order valence-corrected chi connectivity index (χ1v) is 14.0. The Morgan fingerprint density at radius 3 is 2.08 bits per heavy atom. The second-order valence-corrected chi connectivity index (χ2v) is 10.4. The lowest BCUT2D eigenvalue weighted by Gasteiger charge is -2.27. The van der Waals surface area contributed by atoms with Crippen molar-refractivity contribution in [1.82, 2.24) is 0 Å². The summed E-state index contributed by atoms with van der Waals surface area (Å²) in [7, 11) is -4.01. The lowest BCUT2D eigenvalue weighted by molar-refractivity contribution is 0.305. The van der Waals surface area contributed by atoms with Gasteiger partial charge in [0.1, 0.15) is 5.75 Å². The molecule has 3 N–H and O–H groups in total. The van der Waals surface area contributed by atoms with Gasteiger partial charge >= 0.3 is 0 Å². The first-order valence-electron chi connectivity index (χ1n) is 12.4. The first-order chi connectivity index (χ1) is 17.9. The minimum absolute atomic E-state index is 0.0908. The van der Waals surface area contributed by atoms with Crippen molar-refractivity contribution >= 4 is 21.4 Å². The van der Waals surface area contributed by atoms with Crippen LogP contribution in [0.1, 0.15) is 36.5 Å². The largest absolute Gasteiger partial charge is 0.493 e. The molecule has 0 saturated carbocycles. The fourth-order valence-electron chi connectivity index (χ4n) is 4.10. The van der Waals surface area contributed by atoms with E-state index in [4.69, 9.17) is 9.88 Å². The van der Waals surface area contributed by atoms with Gasteiger partial charge in [0.15, 0.2) is 0 Å². The zero-order chi connectivity index (χ0) is 26.1. The molecule has 0 aromatic heterocycles. The van der Waals surface area contributed by atoms with Gasteiger partial charge < -0.3 is 4.74 Å². The van der Waals surface area contributed by atoms with E-state index in [2.05, 4.69) is 12.3 Å². The lowest BCUT2D eigenvalue weighted by Crippen LogP contribution is -2.29. The van der Waals surface area contributed by atoms with Gasteiger partial charge in [-0.3, -0.25) is 10.4 Å². The van der Waals surface area contributed by atoms with Gasteiger partial charge in [-0.1, -0.05) is 80.1 Å². The fourth-order valence-corrected chi connectivity index (χ4v) is 4.93. The number of nitrogens with one attached hydrogen (secondary N) is 1. The number of hydrogen-bond acceptors (Lipinski definition) is 5. The summed E-state index contributed by atoms with van der Waals surface area (Å²) < 4.78 is 31.8. The predicted molar refractivity (Wildman–Crippen MR) is 150 cm³/mol. The van der Waals surface area contributed by atoms with Crippen LogP contribution in [0.5, 0.6) is 5.75 Å². The number of nitrogens with two attached hydrogens (primary N) is 1. The molecule has 0 aliphatic heterocycles. The maximum atomic E-state index is 12.8. The van der Waals surface area contributed by atoms with Crippen molar-refractivity contribution in [2.24, 2.45) is 5.14 Å². The number of primary sulfonamides is 1. The number of hydrazine groups is 1. The van der Waals surface area contributed by atoms with Gasteiger partial charge in [-0.15, -0.1) is 0 Å². The van der Waals surface area contributed by atoms with E-state index in [0.29, 0.717) is 30.9 Å². The average molecular weight is 516 g/mol. The third-order valence-electron chi connectivity index (χ3n) is 5.96. The van der Waals surface area contributed by atoms with E-state index in [1.54, 1.807) is 6.07 Å². The predicted octanol–water partition coefficient (Wildman–Crippen LogP) is 6.14. The zero-order valence-corrected chi connectivity index (χ0v) is 21.8. The number of benzene rings is 4. The highest BCUT2D eigenvalue weighted by molar-refractivity contribution is 7.89. The van der Waals surface area contributed by atoms with Crippen molar-refractivity contribution in [3.8, 4) is 5.75 Å². The van der Waals surface area contributed by atoms with Gasteiger partial charge in [0.05, 0.1) is 29.4 Å². The van der Waals surface area contributed by atoms with Gasteiger partial charge in [-0.2, -0.15) is 0 Å². The molecule has 0 spiro atoms. The van der Waals surface area contributed by atoms with Crippen molar-refractivity contribution in [1.29, 1.82) is 0 Å². The molecule has 192 valence electrons. The number of rotatable bonds is 12. The minimum Gasteiger partial charge on any atom is -0.493 e. The smallest absolute Gasteiger partial charge is 0.238 e. The molecule has 0 atom stereocenters. The Morgan fingerprint density at radius 2 is 1.46 bits per heavy atom. The molecule has 4 aromatic rings. The quantitative estimate of drug-likeness (QED) is 0.175. The Labute approximate surface area is 219 Å². The summed E-state index contributed by atoms with van der Waals surface area (Å²) in [5, 5.41) is 7.73. The summed E-state index contributed by atoms with van der Waals surface area (Å²) in [4.78, 5) is 0.0908. The molecule has 0 fully saturated rings. The number of ether oxygens (including phenoxy) is 1. The number of anilines is 2. The van der Waals surface area contributed by atoms with Crippen LogP contribution in [0.2, 0.25) is 0 Å². The second-order valence-electron chi connectivity index (χ2n) is 8.88. The third-order valence-corrected chi connectivity index (χ3v) is 6.94. The monoisotopic (exact) mass is 515 g/mol. The molecule has 4 rings (SSSR count). The van der Waals surface area contributed by atoms with Crippen LogP contribution in [0, 0.1) is 0 Å². The van der Waals surface area contributed by atoms with E-state index in [-0.39, 0.29) is 4.90 Å². The highest BCUT2D eigenvalue weighted by atomic mass is 32.2. The molecule has 0 saturated heterocycles. The van der Waals surface area contributed by atoms with Crippen molar-refractivity contribution in [3.05, 3.63) is 120 Å². The van der Waals surface area contributed by atoms with Gasteiger partial charge in [-0.05, 0) is 53.9 Å². The van der Waals surface area contributed by atoms with E-state index in [1.165, 1.54) is 0 Å². The summed E-state index contributed by atoms with van der Waals surface area (Å²) in [6.07, 6.45) is 2.24. The Hall–Kier alpha value is -3.81. The highest BCUT2D eigenvalue weighted by Crippen LogP contribution is 2.32. The van der Waals surface area contributed by atoms with Crippen molar-refractivity contribution in [3.63, 3.8) is 0 Å². The molecule has 0 amide bonds. The number of hydrogen-bond donors (Lipinski definition) is 2. The van der Waals surface area contributed by atoms with Crippen LogP contribution in [0.25, 0.3) is 0 Å². The molecular formula is C30H33N3O3S. The first kappa shape index (κ1) is 26.3. The molecule has 0 radical (unpaired) electrons. The fraction of sp³-hybridized carbons (Fsp3) is 0.200. The van der Waals surface area contributed by atoms with Crippen molar-refractivity contribution in [2.75, 3.05) is 17.0 Å². The number of para-hydroxylation sites is 2. The molecule has 37 heavy (non-hydrogen) atoms. The maximum absolute atomic E-state index is 12.8. The van der Waals surface area contributed by atoms with Crippen LogP contribution >= 0.6 is 0 Å². The molecular weight excluding hydrogens is 482 g/mol. The molecule has 7 heteroatoms. The van der Waals surface area contributed by atoms with E-state index >= 15 is 0 Å².